The van der Waals surface area contributed by atoms with Crippen LogP contribution in [0.2, 0.25) is 0 Å². The van der Waals surface area contributed by atoms with Crippen LogP contribution in [0.3, 0.4) is 0 Å². The molecular formula is C29H28F2IN3O4S. The Hall–Kier alpha value is -3.06. The molecule has 3 aromatic carbocycles. The van der Waals surface area contributed by atoms with Crippen LogP contribution in [0.25, 0.3) is 22.2 Å². The number of hydrogen-bond donors (Lipinski definition) is 2. The van der Waals surface area contributed by atoms with Crippen LogP contribution < -0.4 is 10.1 Å². The number of nitrogens with zero attached hydrogens (tertiary/aromatic N) is 1. The number of sulfone groups is 1. The van der Waals surface area contributed by atoms with E-state index in [1.165, 1.54) is 13.0 Å². The summed E-state index contributed by atoms with van der Waals surface area (Å²) in [7, 11) is -3.34. The van der Waals surface area contributed by atoms with Gasteiger partial charge in [-0.1, -0.05) is 30.3 Å². The van der Waals surface area contributed by atoms with E-state index in [9.17, 15) is 22.0 Å². The molecule has 5 rings (SSSR count). The molecule has 0 spiro atoms. The minimum Gasteiger partial charge on any atom is -0.434 e. The van der Waals surface area contributed by atoms with Crippen molar-refractivity contribution in [3.63, 3.8) is 0 Å². The van der Waals surface area contributed by atoms with Crippen LogP contribution in [0.1, 0.15) is 43.5 Å². The lowest BCUT2D eigenvalue weighted by molar-refractivity contribution is -0.118. The van der Waals surface area contributed by atoms with Crippen LogP contribution in [-0.2, 0) is 14.6 Å². The first-order valence-electron chi connectivity index (χ1n) is 12.9. The molecule has 1 aromatic heterocycles. The zero-order valence-corrected chi connectivity index (χ0v) is 24.6. The van der Waals surface area contributed by atoms with E-state index < -0.39 is 16.4 Å². The number of para-hydroxylation sites is 1. The van der Waals surface area contributed by atoms with Gasteiger partial charge in [-0.05, 0) is 83.7 Å². The molecule has 1 aliphatic carbocycles. The normalized spacial score (nSPS) is 14.4. The molecule has 0 bridgehead atoms. The van der Waals surface area contributed by atoms with Crippen molar-refractivity contribution in [2.24, 2.45) is 5.92 Å². The van der Waals surface area contributed by atoms with Crippen LogP contribution in [-0.4, -0.2) is 43.2 Å². The predicted molar refractivity (Wildman–Crippen MR) is 157 cm³/mol. The lowest BCUT2D eigenvalue weighted by Crippen LogP contribution is -2.23. The summed E-state index contributed by atoms with van der Waals surface area (Å²) in [5.41, 5.74) is 3.51. The number of aromatic nitrogens is 2. The number of rotatable bonds is 11. The van der Waals surface area contributed by atoms with E-state index >= 15 is 0 Å². The third-order valence-electron chi connectivity index (χ3n) is 6.91. The Morgan fingerprint density at radius 1 is 1.12 bits per heavy atom. The number of imidazole rings is 1. The number of H-pyrrole nitrogens is 1. The highest BCUT2D eigenvalue weighted by molar-refractivity contribution is 14.1. The van der Waals surface area contributed by atoms with Crippen molar-refractivity contribution in [1.82, 2.24) is 15.3 Å². The van der Waals surface area contributed by atoms with Crippen molar-refractivity contribution in [3.8, 4) is 16.9 Å². The maximum Gasteiger partial charge on any atom is 0.387 e. The van der Waals surface area contributed by atoms with Gasteiger partial charge >= 0.3 is 6.61 Å². The Kier molecular flexibility index (Phi) is 8.41. The van der Waals surface area contributed by atoms with Crippen molar-refractivity contribution in [2.75, 3.05) is 12.3 Å². The highest BCUT2D eigenvalue weighted by atomic mass is 127. The number of hydrogen-bond acceptors (Lipinski definition) is 5. The summed E-state index contributed by atoms with van der Waals surface area (Å²) in [4.78, 5) is 20.1. The molecule has 0 saturated heterocycles. The largest absolute Gasteiger partial charge is 0.434 e. The first kappa shape index (κ1) is 28.5. The smallest absolute Gasteiger partial charge is 0.387 e. The van der Waals surface area contributed by atoms with Crippen LogP contribution in [0, 0.1) is 9.49 Å². The van der Waals surface area contributed by atoms with Gasteiger partial charge in [0.25, 0.3) is 0 Å². The molecule has 2 N–H and O–H groups in total. The number of aromatic amines is 1. The molecule has 1 atom stereocenters. The second kappa shape index (κ2) is 11.8. The fraction of sp³-hybridized carbons (Fsp3) is 0.310. The van der Waals surface area contributed by atoms with Crippen LogP contribution in [0.15, 0.2) is 65.6 Å². The molecule has 1 aliphatic rings. The van der Waals surface area contributed by atoms with Gasteiger partial charge < -0.3 is 15.0 Å². The summed E-state index contributed by atoms with van der Waals surface area (Å²) in [6.07, 6.45) is 2.45. The molecule has 1 amide bonds. The van der Waals surface area contributed by atoms with Crippen molar-refractivity contribution >= 4 is 49.4 Å². The molecule has 1 saturated carbocycles. The van der Waals surface area contributed by atoms with Gasteiger partial charge in [0.1, 0.15) is 11.6 Å². The van der Waals surface area contributed by atoms with E-state index in [0.717, 1.165) is 27.5 Å². The van der Waals surface area contributed by atoms with Gasteiger partial charge in [0.15, 0.2) is 9.84 Å². The summed E-state index contributed by atoms with van der Waals surface area (Å²) < 4.78 is 57.1. The fourth-order valence-electron chi connectivity index (χ4n) is 4.76. The van der Waals surface area contributed by atoms with Gasteiger partial charge in [0.2, 0.25) is 5.91 Å². The zero-order valence-electron chi connectivity index (χ0n) is 21.7. The second-order valence-electron chi connectivity index (χ2n) is 9.96. The van der Waals surface area contributed by atoms with E-state index in [2.05, 4.69) is 32.9 Å². The Morgan fingerprint density at radius 2 is 1.85 bits per heavy atom. The van der Waals surface area contributed by atoms with E-state index in [-0.39, 0.29) is 29.2 Å². The summed E-state index contributed by atoms with van der Waals surface area (Å²) in [5, 5.41) is 2.82. The van der Waals surface area contributed by atoms with E-state index in [1.54, 1.807) is 42.5 Å². The van der Waals surface area contributed by atoms with Crippen LogP contribution >= 0.6 is 22.6 Å². The molecule has 11 heteroatoms. The Morgan fingerprint density at radius 3 is 2.52 bits per heavy atom. The average Bonchev–Trinajstić information content (AvgIpc) is 3.61. The molecule has 1 fully saturated rings. The van der Waals surface area contributed by atoms with Gasteiger partial charge in [0, 0.05) is 34.1 Å². The highest BCUT2D eigenvalue weighted by Gasteiger charge is 2.29. The van der Waals surface area contributed by atoms with E-state index in [1.807, 2.05) is 12.1 Å². The zero-order chi connectivity index (χ0) is 28.4. The number of ether oxygens (including phenoxy) is 1. The minimum absolute atomic E-state index is 0.0791. The van der Waals surface area contributed by atoms with Crippen molar-refractivity contribution in [2.45, 2.75) is 43.6 Å². The number of carbonyl (C=O) groups is 1. The number of alkyl halides is 2. The molecule has 1 heterocycles. The third-order valence-corrected chi connectivity index (χ3v) is 9.71. The molecule has 0 unspecified atom stereocenters. The Balaban J connectivity index is 1.50. The van der Waals surface area contributed by atoms with E-state index in [4.69, 9.17) is 9.72 Å². The monoisotopic (exact) mass is 679 g/mol. The fourth-order valence-corrected chi connectivity index (χ4v) is 7.22. The molecule has 0 aliphatic heterocycles. The number of halogens is 3. The lowest BCUT2D eigenvalue weighted by atomic mass is 9.95. The van der Waals surface area contributed by atoms with E-state index in [0.29, 0.717) is 40.3 Å². The van der Waals surface area contributed by atoms with Crippen LogP contribution in [0.5, 0.6) is 5.75 Å². The summed E-state index contributed by atoms with van der Waals surface area (Å²) in [6.45, 7) is -1.09. The van der Waals surface area contributed by atoms with Gasteiger partial charge in [-0.15, -0.1) is 0 Å². The second-order valence-corrected chi connectivity index (χ2v) is 13.2. The molecule has 210 valence electrons. The quantitative estimate of drug-likeness (QED) is 0.182. The van der Waals surface area contributed by atoms with Gasteiger partial charge in [-0.2, -0.15) is 8.78 Å². The number of fused-ring (bicyclic) bond motifs is 1. The molecule has 0 radical (unpaired) electrons. The standard InChI is InChI=1S/C29H28F2IN3O4S/c1-17(36)33-13-12-21(19-8-10-20(11-9-19)40(37,38)16-18-6-7-18)28-34-25-14-23(24(32)15-26(25)35-28)22-4-2-3-5-27(22)39-29(30)31/h2-5,8-11,14-15,18,21,29H,6-7,12-13,16H2,1H3,(H,33,36)(H,34,35)/t21-/m0/s1. The van der Waals surface area contributed by atoms with Gasteiger partial charge in [-0.3, -0.25) is 4.79 Å². The van der Waals surface area contributed by atoms with Crippen molar-refractivity contribution in [3.05, 3.63) is 75.6 Å². The Labute approximate surface area is 244 Å². The van der Waals surface area contributed by atoms with Crippen molar-refractivity contribution < 1.29 is 26.7 Å². The van der Waals surface area contributed by atoms with Gasteiger partial charge in [0.05, 0.1) is 21.7 Å². The minimum atomic E-state index is -3.34. The number of nitrogens with one attached hydrogen (secondary N) is 2. The topological polar surface area (TPSA) is 101 Å². The van der Waals surface area contributed by atoms with Crippen LogP contribution in [0.4, 0.5) is 8.78 Å². The SMILES string of the molecule is CC(=O)NCC[C@@H](c1ccc(S(=O)(=O)CC2CC2)cc1)c1nc2cc(-c3ccccc3OC(F)F)c(I)cc2[nH]1. The summed E-state index contributed by atoms with van der Waals surface area (Å²) >= 11 is 2.16. The average molecular weight is 680 g/mol. The predicted octanol–water partition coefficient (Wildman–Crippen LogP) is 6.28. The van der Waals surface area contributed by atoms with Crippen molar-refractivity contribution in [1.29, 1.82) is 0 Å². The maximum absolute atomic E-state index is 13.0. The molecule has 7 nitrogen and oxygen atoms in total. The van der Waals surface area contributed by atoms with Gasteiger partial charge in [-0.25, -0.2) is 13.4 Å². The number of benzene rings is 3. The molecule has 4 aromatic rings. The molecular weight excluding hydrogens is 651 g/mol. The lowest BCUT2D eigenvalue weighted by Gasteiger charge is -2.16. The summed E-state index contributed by atoms with van der Waals surface area (Å²) in [6, 6.07) is 17.3. The Bertz CT molecular complexity index is 1640. The summed E-state index contributed by atoms with van der Waals surface area (Å²) in [5.74, 6) is 0.763. The first-order chi connectivity index (χ1) is 19.1. The number of carbonyl (C=O) groups excluding carboxylic acids is 1. The third kappa shape index (κ3) is 6.63. The number of amides is 1. The maximum atomic E-state index is 13.0. The first-order valence-corrected chi connectivity index (χ1v) is 15.6. The highest BCUT2D eigenvalue weighted by Crippen LogP contribution is 2.37. The molecule has 40 heavy (non-hydrogen) atoms.